The number of allylic oxidation sites excluding steroid dienone is 1. The van der Waals surface area contributed by atoms with Crippen molar-refractivity contribution in [2.45, 2.75) is 75.7 Å². The van der Waals surface area contributed by atoms with Crippen LogP contribution in [0.3, 0.4) is 0 Å². The molecule has 0 unspecified atom stereocenters. The number of carbonyl (C=O) groups excluding carboxylic acids is 4. The molecule has 2 N–H and O–H groups in total. The molecule has 4 rings (SSSR count). The van der Waals surface area contributed by atoms with Crippen LogP contribution in [-0.2, 0) is 28.7 Å². The molecule has 1 spiro atoms. The maximum atomic E-state index is 14.5. The number of rotatable bonds is 17. The van der Waals surface area contributed by atoms with Gasteiger partial charge in [0.1, 0.15) is 23.5 Å². The largest absolute Gasteiger partial charge is 0.497 e. The number of methoxy groups -OCH3 is 1. The lowest BCUT2D eigenvalue weighted by Crippen LogP contribution is -2.56. The lowest BCUT2D eigenvalue weighted by atomic mass is 9.70. The minimum atomic E-state index is -1.17. The highest BCUT2D eigenvalue weighted by atomic mass is 16.6. The highest BCUT2D eigenvalue weighted by Crippen LogP contribution is 2.59. The molecular formula is C33H45N3O8. The summed E-state index contributed by atoms with van der Waals surface area (Å²) in [7, 11) is 1.57. The Labute approximate surface area is 259 Å². The number of carbonyl (C=O) groups is 4. The van der Waals surface area contributed by atoms with E-state index in [4.69, 9.17) is 14.2 Å². The molecular weight excluding hydrogens is 566 g/mol. The molecule has 11 nitrogen and oxygen atoms in total. The third kappa shape index (κ3) is 6.68. The fourth-order valence-corrected chi connectivity index (χ4v) is 6.77. The minimum Gasteiger partial charge on any atom is -0.497 e. The number of unbranched alkanes of at least 4 members (excludes halogenated alkanes) is 2. The zero-order chi connectivity index (χ0) is 31.9. The van der Waals surface area contributed by atoms with Crippen LogP contribution in [0.4, 0.5) is 5.69 Å². The summed E-state index contributed by atoms with van der Waals surface area (Å²) in [5.74, 6) is -2.41. The third-order valence-electron chi connectivity index (χ3n) is 8.80. The van der Waals surface area contributed by atoms with Crippen LogP contribution in [-0.4, -0.2) is 90.9 Å². The van der Waals surface area contributed by atoms with Gasteiger partial charge in [-0.2, -0.15) is 0 Å². The van der Waals surface area contributed by atoms with E-state index in [1.807, 2.05) is 0 Å². The van der Waals surface area contributed by atoms with Crippen LogP contribution < -0.4 is 15.0 Å². The van der Waals surface area contributed by atoms with E-state index in [-0.39, 0.29) is 37.4 Å². The normalized spacial score (nSPS) is 25.7. The van der Waals surface area contributed by atoms with Gasteiger partial charge in [-0.05, 0) is 69.7 Å². The first-order chi connectivity index (χ1) is 21.2. The number of nitrogens with zero attached hydrogens (tertiary/aromatic N) is 2. The van der Waals surface area contributed by atoms with Gasteiger partial charge in [0.15, 0.2) is 0 Å². The van der Waals surface area contributed by atoms with Gasteiger partial charge in [0.2, 0.25) is 11.8 Å². The maximum absolute atomic E-state index is 14.5. The van der Waals surface area contributed by atoms with Crippen LogP contribution in [0.25, 0.3) is 0 Å². The van der Waals surface area contributed by atoms with E-state index >= 15 is 0 Å². The summed E-state index contributed by atoms with van der Waals surface area (Å²) >= 11 is 0. The van der Waals surface area contributed by atoms with Gasteiger partial charge in [-0.3, -0.25) is 19.2 Å². The first kappa shape index (κ1) is 33.2. The van der Waals surface area contributed by atoms with Gasteiger partial charge >= 0.3 is 5.97 Å². The summed E-state index contributed by atoms with van der Waals surface area (Å²) in [6.07, 6.45) is 5.79. The average Bonchev–Trinajstić information content (AvgIpc) is 3.67. The third-order valence-corrected chi connectivity index (χ3v) is 8.80. The van der Waals surface area contributed by atoms with Crippen LogP contribution in [0, 0.1) is 11.8 Å². The van der Waals surface area contributed by atoms with E-state index < -0.39 is 41.7 Å². The summed E-state index contributed by atoms with van der Waals surface area (Å²) in [6, 6.07) is 6.14. The number of anilines is 1. The molecule has 3 heterocycles. The number of hydrogen-bond donors (Lipinski definition) is 2. The number of fused-ring (bicyclic) bond motifs is 1. The number of likely N-dealkylation sites (tertiary alicyclic amines) is 1. The molecule has 44 heavy (non-hydrogen) atoms. The first-order valence-corrected chi connectivity index (χ1v) is 15.5. The van der Waals surface area contributed by atoms with Crippen molar-refractivity contribution in [1.29, 1.82) is 0 Å². The SMILES string of the molecule is C=CCCC(=O)NC[C@H](C)OC(=O)[C@@H]1[C@@H]2CC[C@]3(O2)[C@H](C(=O)N(CC=C)c2ccc(OC)cc2)N(CCCCCO)C(=O)[C@@H]13. The van der Waals surface area contributed by atoms with Crippen molar-refractivity contribution in [2.75, 3.05) is 38.3 Å². The van der Waals surface area contributed by atoms with Crippen LogP contribution >= 0.6 is 0 Å². The molecule has 11 heteroatoms. The van der Waals surface area contributed by atoms with Crippen LogP contribution in [0.15, 0.2) is 49.6 Å². The van der Waals surface area contributed by atoms with Crippen molar-refractivity contribution in [1.82, 2.24) is 10.2 Å². The van der Waals surface area contributed by atoms with Crippen LogP contribution in [0.1, 0.15) is 51.9 Å². The molecule has 0 aliphatic carbocycles. The van der Waals surface area contributed by atoms with Crippen LogP contribution in [0.2, 0.25) is 0 Å². The molecule has 3 amide bonds. The Hall–Kier alpha value is -3.70. The zero-order valence-corrected chi connectivity index (χ0v) is 25.7. The Morgan fingerprint density at radius 3 is 2.61 bits per heavy atom. The Balaban J connectivity index is 1.59. The van der Waals surface area contributed by atoms with Crippen molar-refractivity contribution in [3.63, 3.8) is 0 Å². The second kappa shape index (κ2) is 14.9. The summed E-state index contributed by atoms with van der Waals surface area (Å²) in [6.45, 7) is 9.83. The van der Waals surface area contributed by atoms with Crippen molar-refractivity contribution >= 4 is 29.4 Å². The number of benzene rings is 1. The highest BCUT2D eigenvalue weighted by molar-refractivity contribution is 6.04. The van der Waals surface area contributed by atoms with Crippen molar-refractivity contribution in [2.24, 2.45) is 11.8 Å². The Morgan fingerprint density at radius 2 is 1.95 bits per heavy atom. The fourth-order valence-electron chi connectivity index (χ4n) is 6.77. The average molecular weight is 612 g/mol. The number of nitrogens with one attached hydrogen (secondary N) is 1. The van der Waals surface area contributed by atoms with Gasteiger partial charge < -0.3 is 34.4 Å². The number of aliphatic hydroxyl groups is 1. The van der Waals surface area contributed by atoms with Crippen LogP contribution in [0.5, 0.6) is 5.75 Å². The maximum Gasteiger partial charge on any atom is 0.312 e. The number of hydrogen-bond acceptors (Lipinski definition) is 8. The topological polar surface area (TPSA) is 135 Å². The molecule has 0 aromatic heterocycles. The van der Waals surface area contributed by atoms with Gasteiger partial charge in [0.05, 0.1) is 31.6 Å². The standard InChI is InChI=1S/C33H45N3O8/c1-5-7-11-26(38)34-21-22(3)43-32(41)27-25-16-17-33(44-25)28(27)30(39)36(19-9-8-10-20-37)29(33)31(40)35(18-6-2)23-12-14-24(42-4)15-13-23/h5-6,12-15,22,25,27-29,37H,1-2,7-11,16-21H2,3-4H3,(H,34,38)/t22-,25-,27+,28+,29-,33+/m0/s1. The molecule has 3 aliphatic rings. The van der Waals surface area contributed by atoms with Crippen molar-refractivity contribution < 1.29 is 38.5 Å². The van der Waals surface area contributed by atoms with E-state index in [1.54, 1.807) is 60.3 Å². The van der Waals surface area contributed by atoms with Crippen molar-refractivity contribution in [3.8, 4) is 5.75 Å². The lowest BCUT2D eigenvalue weighted by molar-refractivity contribution is -0.159. The molecule has 0 radical (unpaired) electrons. The van der Waals surface area contributed by atoms with E-state index in [0.29, 0.717) is 62.9 Å². The lowest BCUT2D eigenvalue weighted by Gasteiger charge is -2.36. The molecule has 1 aromatic carbocycles. The number of esters is 1. The number of ether oxygens (including phenoxy) is 3. The van der Waals surface area contributed by atoms with Gasteiger partial charge in [-0.25, -0.2) is 0 Å². The quantitative estimate of drug-likeness (QED) is 0.156. The Bertz CT molecular complexity index is 1220. The summed E-state index contributed by atoms with van der Waals surface area (Å²) < 4.78 is 17.6. The predicted octanol–water partition coefficient (Wildman–Crippen LogP) is 2.77. The molecule has 3 fully saturated rings. The molecule has 0 saturated carbocycles. The van der Waals surface area contributed by atoms with Gasteiger partial charge in [-0.1, -0.05) is 12.2 Å². The molecule has 1 aromatic rings. The van der Waals surface area contributed by atoms with Gasteiger partial charge in [0, 0.05) is 31.8 Å². The van der Waals surface area contributed by atoms with Gasteiger partial charge in [0.25, 0.3) is 5.91 Å². The van der Waals surface area contributed by atoms with E-state index in [2.05, 4.69) is 18.5 Å². The van der Waals surface area contributed by atoms with E-state index in [1.165, 1.54) is 0 Å². The van der Waals surface area contributed by atoms with Crippen molar-refractivity contribution in [3.05, 3.63) is 49.6 Å². The number of amides is 3. The van der Waals surface area contributed by atoms with E-state index in [9.17, 15) is 24.3 Å². The second-order valence-electron chi connectivity index (χ2n) is 11.7. The zero-order valence-electron chi connectivity index (χ0n) is 25.7. The second-order valence-corrected chi connectivity index (χ2v) is 11.7. The minimum absolute atomic E-state index is 0.0407. The number of aliphatic hydroxyl groups excluding tert-OH is 1. The Morgan fingerprint density at radius 1 is 1.20 bits per heavy atom. The molecule has 6 atom stereocenters. The predicted molar refractivity (Wildman–Crippen MR) is 164 cm³/mol. The Kier molecular flexibility index (Phi) is 11.2. The summed E-state index contributed by atoms with van der Waals surface area (Å²) in [5.41, 5.74) is -0.552. The molecule has 240 valence electrons. The molecule has 2 bridgehead atoms. The molecule has 3 saturated heterocycles. The van der Waals surface area contributed by atoms with Gasteiger partial charge in [-0.15, -0.1) is 13.2 Å². The molecule has 3 aliphatic heterocycles. The fraction of sp³-hybridized carbons (Fsp3) is 0.576. The highest BCUT2D eigenvalue weighted by Gasteiger charge is 2.75. The summed E-state index contributed by atoms with van der Waals surface area (Å²) in [5, 5.41) is 12.0. The van der Waals surface area contributed by atoms with E-state index in [0.717, 1.165) is 0 Å². The monoisotopic (exact) mass is 611 g/mol. The first-order valence-electron chi connectivity index (χ1n) is 15.5. The summed E-state index contributed by atoms with van der Waals surface area (Å²) in [4.78, 5) is 57.5. The smallest absolute Gasteiger partial charge is 0.312 e.